The van der Waals surface area contributed by atoms with E-state index in [4.69, 9.17) is 22.1 Å². The topological polar surface area (TPSA) is 51.4 Å². The van der Waals surface area contributed by atoms with Crippen LogP contribution < -0.4 is 15.4 Å². The Kier molecular flexibility index (Phi) is 2.98. The third-order valence-electron chi connectivity index (χ3n) is 2.64. The van der Waals surface area contributed by atoms with Gasteiger partial charge in [0.15, 0.2) is 10.9 Å². The second-order valence-corrected chi connectivity index (χ2v) is 3.95. The van der Waals surface area contributed by atoms with Gasteiger partial charge in [-0.15, -0.1) is 0 Å². The summed E-state index contributed by atoms with van der Waals surface area (Å²) in [6.45, 7) is 0.966. The number of hydrogen-bond acceptors (Lipinski definition) is 4. The van der Waals surface area contributed by atoms with Gasteiger partial charge in [0.2, 0.25) is 0 Å². The molecule has 0 radical (unpaired) electrons. The number of ether oxygens (including phenoxy) is 1. The number of aromatic nitrogens is 1. The monoisotopic (exact) mass is 227 g/mol. The van der Waals surface area contributed by atoms with Crippen molar-refractivity contribution in [3.63, 3.8) is 0 Å². The summed E-state index contributed by atoms with van der Waals surface area (Å²) in [7, 11) is 1.58. The van der Waals surface area contributed by atoms with E-state index < -0.39 is 0 Å². The van der Waals surface area contributed by atoms with E-state index in [0.717, 1.165) is 25.1 Å². The molecule has 1 aliphatic rings. The van der Waals surface area contributed by atoms with Crippen LogP contribution in [-0.4, -0.2) is 24.8 Å². The Morgan fingerprint density at radius 1 is 1.67 bits per heavy atom. The molecule has 1 saturated heterocycles. The maximum absolute atomic E-state index is 5.96. The Hall–Kier alpha value is -1.00. The van der Waals surface area contributed by atoms with Crippen molar-refractivity contribution in [2.45, 2.75) is 19.0 Å². The normalized spacial score (nSPS) is 20.7. The van der Waals surface area contributed by atoms with E-state index in [-0.39, 0.29) is 6.17 Å². The number of rotatable bonds is 2. The molecular weight excluding hydrogens is 214 g/mol. The lowest BCUT2D eigenvalue weighted by molar-refractivity contribution is 0.413. The lowest BCUT2D eigenvalue weighted by atomic mass is 10.3. The minimum absolute atomic E-state index is 0.0812. The minimum atomic E-state index is 0.0812. The zero-order chi connectivity index (χ0) is 10.8. The number of nitrogens with two attached hydrogens (primary N) is 1. The molecule has 2 N–H and O–H groups in total. The fourth-order valence-electron chi connectivity index (χ4n) is 1.83. The predicted octanol–water partition coefficient (Wildman–Crippen LogP) is 1.63. The SMILES string of the molecule is COc1cc(N2CCCC2N)cnc1Cl. The summed E-state index contributed by atoms with van der Waals surface area (Å²) >= 11 is 5.85. The van der Waals surface area contributed by atoms with Crippen molar-refractivity contribution in [1.82, 2.24) is 4.98 Å². The van der Waals surface area contributed by atoms with Crippen molar-refractivity contribution >= 4 is 17.3 Å². The van der Waals surface area contributed by atoms with Crippen molar-refractivity contribution in [1.29, 1.82) is 0 Å². The van der Waals surface area contributed by atoms with E-state index in [2.05, 4.69) is 9.88 Å². The van der Waals surface area contributed by atoms with Gasteiger partial charge in [-0.25, -0.2) is 4.98 Å². The average molecular weight is 228 g/mol. The van der Waals surface area contributed by atoms with E-state index in [9.17, 15) is 0 Å². The highest BCUT2D eigenvalue weighted by atomic mass is 35.5. The molecule has 15 heavy (non-hydrogen) atoms. The van der Waals surface area contributed by atoms with E-state index in [0.29, 0.717) is 10.9 Å². The molecule has 1 aromatic rings. The molecule has 0 saturated carbocycles. The van der Waals surface area contributed by atoms with Crippen molar-refractivity contribution in [2.24, 2.45) is 5.73 Å². The molecular formula is C10H14ClN3O. The van der Waals surface area contributed by atoms with Gasteiger partial charge in [-0.05, 0) is 12.8 Å². The van der Waals surface area contributed by atoms with E-state index in [1.54, 1.807) is 13.3 Å². The fourth-order valence-corrected chi connectivity index (χ4v) is 2.01. The molecule has 1 aliphatic heterocycles. The van der Waals surface area contributed by atoms with Gasteiger partial charge >= 0.3 is 0 Å². The molecule has 1 unspecified atom stereocenters. The molecule has 0 aliphatic carbocycles. The maximum Gasteiger partial charge on any atom is 0.171 e. The van der Waals surface area contributed by atoms with Crippen LogP contribution in [0, 0.1) is 0 Å². The van der Waals surface area contributed by atoms with Crippen LogP contribution >= 0.6 is 11.6 Å². The summed E-state index contributed by atoms with van der Waals surface area (Å²) in [6.07, 6.45) is 3.95. The number of halogens is 1. The Balaban J connectivity index is 2.28. The zero-order valence-corrected chi connectivity index (χ0v) is 9.37. The van der Waals surface area contributed by atoms with Gasteiger partial charge in [-0.1, -0.05) is 11.6 Å². The van der Waals surface area contributed by atoms with Crippen molar-refractivity contribution in [2.75, 3.05) is 18.6 Å². The summed E-state index contributed by atoms with van der Waals surface area (Å²) < 4.78 is 5.12. The molecule has 1 aromatic heterocycles. The summed E-state index contributed by atoms with van der Waals surface area (Å²) in [5, 5.41) is 0.383. The highest BCUT2D eigenvalue weighted by Crippen LogP contribution is 2.29. The quantitative estimate of drug-likeness (QED) is 0.781. The van der Waals surface area contributed by atoms with Crippen LogP contribution in [-0.2, 0) is 0 Å². The summed E-state index contributed by atoms with van der Waals surface area (Å²) in [6, 6.07) is 1.88. The Labute approximate surface area is 94.0 Å². The average Bonchev–Trinajstić information content (AvgIpc) is 2.65. The first-order valence-electron chi connectivity index (χ1n) is 4.94. The molecule has 1 fully saturated rings. The highest BCUT2D eigenvalue weighted by Gasteiger charge is 2.22. The lowest BCUT2D eigenvalue weighted by Crippen LogP contribution is -2.36. The van der Waals surface area contributed by atoms with Gasteiger partial charge in [0.25, 0.3) is 0 Å². The third kappa shape index (κ3) is 2.01. The summed E-state index contributed by atoms with van der Waals surface area (Å²) in [4.78, 5) is 6.19. The summed E-state index contributed by atoms with van der Waals surface area (Å²) in [5.41, 5.74) is 6.94. The van der Waals surface area contributed by atoms with Crippen molar-refractivity contribution < 1.29 is 4.74 Å². The van der Waals surface area contributed by atoms with Gasteiger partial charge < -0.3 is 15.4 Å². The van der Waals surface area contributed by atoms with Crippen molar-refractivity contribution in [3.05, 3.63) is 17.4 Å². The number of hydrogen-bond donors (Lipinski definition) is 1. The molecule has 0 spiro atoms. The minimum Gasteiger partial charge on any atom is -0.493 e. The molecule has 0 amide bonds. The van der Waals surface area contributed by atoms with Crippen molar-refractivity contribution in [3.8, 4) is 5.75 Å². The highest BCUT2D eigenvalue weighted by molar-refractivity contribution is 6.30. The fraction of sp³-hybridized carbons (Fsp3) is 0.500. The van der Waals surface area contributed by atoms with Crippen LogP contribution in [0.25, 0.3) is 0 Å². The van der Waals surface area contributed by atoms with Crippen LogP contribution in [0.5, 0.6) is 5.75 Å². The first-order valence-corrected chi connectivity index (χ1v) is 5.32. The van der Waals surface area contributed by atoms with Gasteiger partial charge in [0.05, 0.1) is 25.2 Å². The smallest absolute Gasteiger partial charge is 0.171 e. The molecule has 0 bridgehead atoms. The largest absolute Gasteiger partial charge is 0.493 e. The van der Waals surface area contributed by atoms with Crippen LogP contribution in [0.4, 0.5) is 5.69 Å². The number of anilines is 1. The molecule has 0 aromatic carbocycles. The van der Waals surface area contributed by atoms with E-state index in [1.165, 1.54) is 0 Å². The molecule has 2 rings (SSSR count). The molecule has 1 atom stereocenters. The second-order valence-electron chi connectivity index (χ2n) is 3.59. The predicted molar refractivity (Wildman–Crippen MR) is 60.4 cm³/mol. The Morgan fingerprint density at radius 3 is 3.07 bits per heavy atom. The zero-order valence-electron chi connectivity index (χ0n) is 8.61. The van der Waals surface area contributed by atoms with Crippen LogP contribution in [0.3, 0.4) is 0 Å². The Bertz CT molecular complexity index is 359. The van der Waals surface area contributed by atoms with Crippen LogP contribution in [0.1, 0.15) is 12.8 Å². The van der Waals surface area contributed by atoms with E-state index in [1.807, 2.05) is 6.07 Å². The molecule has 4 nitrogen and oxygen atoms in total. The van der Waals surface area contributed by atoms with Gasteiger partial charge in [0.1, 0.15) is 0 Å². The van der Waals surface area contributed by atoms with Crippen LogP contribution in [0.15, 0.2) is 12.3 Å². The molecule has 2 heterocycles. The van der Waals surface area contributed by atoms with Gasteiger partial charge in [0, 0.05) is 12.6 Å². The number of pyridine rings is 1. The van der Waals surface area contributed by atoms with Gasteiger partial charge in [-0.2, -0.15) is 0 Å². The maximum atomic E-state index is 5.96. The first kappa shape index (κ1) is 10.5. The first-order chi connectivity index (χ1) is 7.22. The number of nitrogens with zero attached hydrogens (tertiary/aromatic N) is 2. The number of methoxy groups -OCH3 is 1. The van der Waals surface area contributed by atoms with E-state index >= 15 is 0 Å². The third-order valence-corrected chi connectivity index (χ3v) is 2.93. The second kappa shape index (κ2) is 4.24. The summed E-state index contributed by atoms with van der Waals surface area (Å²) in [5.74, 6) is 0.591. The molecule has 82 valence electrons. The Morgan fingerprint density at radius 2 is 2.47 bits per heavy atom. The lowest BCUT2D eigenvalue weighted by Gasteiger charge is -2.23. The van der Waals surface area contributed by atoms with Gasteiger partial charge in [-0.3, -0.25) is 0 Å². The molecule has 5 heteroatoms. The van der Waals surface area contributed by atoms with Crippen LogP contribution in [0.2, 0.25) is 5.15 Å². The standard InChI is InChI=1S/C10H14ClN3O/c1-15-8-5-7(6-13-10(8)11)14-4-2-3-9(14)12/h5-6,9H,2-4,12H2,1H3.